The number of benzene rings is 6. The second-order valence-electron chi connectivity index (χ2n) is 28.8. The SMILES string of the molecule is CCCCCC(C)CCC(COc1ccc(-c2c3/c(=C(\C#N)c4cnc5cc(Cl)c(Cl)cc5n4)n(Bc4ccccc4)c(-c4ccc(OCC(CCC(C)CCCCC)C(C)CCCCC)cc4)c3/c(=C(\C#N)c3cnc4cc(Cl)c(Cl)cc4n3)n2Bc2ccccc2)cc1)C(C)CCCCC. The second-order valence-corrected chi connectivity index (χ2v) is 30.4. The Bertz CT molecular complexity index is 4320. The van der Waals surface area contributed by atoms with Gasteiger partial charge in [0, 0.05) is 22.2 Å². The number of hydrogen-bond acceptors (Lipinski definition) is 8. The molecule has 4 heterocycles. The number of fused-ring (bicyclic) bond motifs is 3. The topological polar surface area (TPSA) is 127 Å². The summed E-state index contributed by atoms with van der Waals surface area (Å²) < 4.78 is 18.4. The molecule has 4 aromatic heterocycles. The van der Waals surface area contributed by atoms with Gasteiger partial charge in [-0.1, -0.05) is 289 Å². The molecular weight excluding hydrogens is 1340 g/mol. The predicted molar refractivity (Wildman–Crippen MR) is 432 cm³/mol. The van der Waals surface area contributed by atoms with Crippen LogP contribution in [0.4, 0.5) is 0 Å². The van der Waals surface area contributed by atoms with Crippen LogP contribution in [0.5, 0.6) is 11.5 Å². The summed E-state index contributed by atoms with van der Waals surface area (Å²) in [6.45, 7) is 20.0. The third-order valence-electron chi connectivity index (χ3n) is 21.0. The lowest BCUT2D eigenvalue weighted by Gasteiger charge is -2.26. The highest BCUT2D eigenvalue weighted by atomic mass is 35.5. The standard InChI is InChI=1S/C86H100B2Cl4N8O2/c1-9-13-19-27-57(5)35-37-63(59(7)29-21-15-11-3)55-101-67-43-39-61(40-44-67)83-81-82(86(99(83)87-65-31-23-17-24-32-65)70(52-94)80-54-96-76-48-72(90)74(92)50-78(76)98-80)84(62-41-45-68(46-42-62)102-56-64(60(8)30-22-16-12-4)38-36-58(6)28-20-14-10-2)100(88-66-33-25-18-26-34-66)85(81)69(51-93)79-53-95-75-47-71(89)73(91)49-77(75)97-79/h17-18,23-26,31-34,39-50,53-54,57-60,63-64,87-88H,9-16,19-22,27-30,35-38,55-56H2,1-8H3/b85-69-,86-70-. The highest BCUT2D eigenvalue weighted by Gasteiger charge is 2.31. The van der Waals surface area contributed by atoms with E-state index in [9.17, 15) is 10.5 Å². The van der Waals surface area contributed by atoms with Crippen LogP contribution in [-0.4, -0.2) is 56.9 Å². The summed E-state index contributed by atoms with van der Waals surface area (Å²) in [5.41, 5.74) is 8.24. The number of ether oxygens (including phenoxy) is 2. The maximum Gasteiger partial charge on any atom is 0.275 e. The van der Waals surface area contributed by atoms with Crippen LogP contribution in [0.3, 0.4) is 0 Å². The van der Waals surface area contributed by atoms with E-state index in [0.717, 1.165) is 57.8 Å². The summed E-state index contributed by atoms with van der Waals surface area (Å²) in [6, 6.07) is 49.6. The molecule has 0 N–H and O–H groups in total. The van der Waals surface area contributed by atoms with E-state index in [4.69, 9.17) is 75.8 Å². The Labute approximate surface area is 627 Å². The first-order valence-corrected chi connectivity index (χ1v) is 39.3. The van der Waals surface area contributed by atoms with Crippen LogP contribution in [0.2, 0.25) is 20.1 Å². The van der Waals surface area contributed by atoms with Gasteiger partial charge in [-0.2, -0.15) is 10.5 Å². The molecule has 6 atom stereocenters. The molecule has 0 aliphatic rings. The van der Waals surface area contributed by atoms with Gasteiger partial charge in [-0.25, -0.2) is 9.97 Å². The average molecular weight is 1440 g/mol. The molecule has 16 heteroatoms. The molecule has 10 rings (SSSR count). The monoisotopic (exact) mass is 1440 g/mol. The number of nitrogens with zero attached hydrogens (tertiary/aromatic N) is 8. The molecule has 0 spiro atoms. The number of rotatable bonds is 38. The molecule has 0 aliphatic carbocycles. The largest absolute Gasteiger partial charge is 0.493 e. The normalized spacial score (nSPS) is 14.0. The third-order valence-corrected chi connectivity index (χ3v) is 22.4. The number of aromatic nitrogens is 6. The van der Waals surface area contributed by atoms with Crippen LogP contribution >= 0.6 is 46.4 Å². The summed E-state index contributed by atoms with van der Waals surface area (Å²) >= 11 is 26.8. The van der Waals surface area contributed by atoms with Crippen molar-refractivity contribution in [2.24, 2.45) is 35.5 Å². The number of nitriles is 2. The zero-order valence-corrected chi connectivity index (χ0v) is 64.2. The lowest BCUT2D eigenvalue weighted by Crippen LogP contribution is -2.35. The summed E-state index contributed by atoms with van der Waals surface area (Å²) in [5, 5.41) is 28.4. The molecule has 0 bridgehead atoms. The molecule has 6 aromatic carbocycles. The van der Waals surface area contributed by atoms with Crippen molar-refractivity contribution in [3.63, 3.8) is 0 Å². The van der Waals surface area contributed by atoms with Crippen LogP contribution < -0.4 is 31.1 Å². The van der Waals surface area contributed by atoms with Crippen molar-refractivity contribution in [3.8, 4) is 46.2 Å². The lowest BCUT2D eigenvalue weighted by atomic mass is 9.81. The molecule has 10 nitrogen and oxygen atoms in total. The molecule has 530 valence electrons. The van der Waals surface area contributed by atoms with Gasteiger partial charge in [0.15, 0.2) is 0 Å². The van der Waals surface area contributed by atoms with Gasteiger partial charge in [-0.15, -0.1) is 0 Å². The molecular formula is C86H100B2Cl4N8O2. The summed E-state index contributed by atoms with van der Waals surface area (Å²) in [4.78, 5) is 20.3. The van der Waals surface area contributed by atoms with E-state index >= 15 is 0 Å². The van der Waals surface area contributed by atoms with Crippen LogP contribution in [0.25, 0.3) is 66.5 Å². The van der Waals surface area contributed by atoms with Crippen LogP contribution in [0.1, 0.15) is 195 Å². The van der Waals surface area contributed by atoms with Crippen molar-refractivity contribution in [2.45, 2.75) is 184 Å². The fraction of sp³-hybridized carbons (Fsp3) is 0.419. The van der Waals surface area contributed by atoms with E-state index in [0.29, 0.717) is 139 Å². The van der Waals surface area contributed by atoms with Crippen LogP contribution in [-0.2, 0) is 0 Å². The van der Waals surface area contributed by atoms with E-state index in [-0.39, 0.29) is 11.1 Å². The van der Waals surface area contributed by atoms with Crippen molar-refractivity contribution in [2.75, 3.05) is 13.2 Å². The predicted octanol–water partition coefficient (Wildman–Crippen LogP) is 21.2. The minimum Gasteiger partial charge on any atom is -0.493 e. The first kappa shape index (κ1) is 77.1. The average Bonchev–Trinajstić information content (AvgIpc) is 1.53. The first-order chi connectivity index (χ1) is 49.6. The zero-order chi connectivity index (χ0) is 72.1. The number of unbranched alkanes of at least 4 members (excludes halogenated alkanes) is 8. The van der Waals surface area contributed by atoms with E-state index < -0.39 is 0 Å². The van der Waals surface area contributed by atoms with Gasteiger partial charge in [0.25, 0.3) is 14.8 Å². The second kappa shape index (κ2) is 38.3. The van der Waals surface area contributed by atoms with Crippen molar-refractivity contribution in [1.82, 2.24) is 28.9 Å². The molecule has 10 aromatic rings. The molecule has 0 saturated heterocycles. The Hall–Kier alpha value is -7.57. The van der Waals surface area contributed by atoms with Gasteiger partial charge in [-0.05, 0) is 132 Å². The Morgan fingerprint density at radius 1 is 0.431 bits per heavy atom. The van der Waals surface area contributed by atoms with Gasteiger partial charge >= 0.3 is 0 Å². The molecule has 102 heavy (non-hydrogen) atoms. The van der Waals surface area contributed by atoms with Crippen LogP contribution in [0.15, 0.2) is 146 Å². The highest BCUT2D eigenvalue weighted by molar-refractivity contribution is 6.54. The van der Waals surface area contributed by atoms with Crippen molar-refractivity contribution < 1.29 is 9.47 Å². The molecule has 0 amide bonds. The Balaban J connectivity index is 1.26. The zero-order valence-electron chi connectivity index (χ0n) is 61.2. The fourth-order valence-electron chi connectivity index (χ4n) is 14.7. The first-order valence-electron chi connectivity index (χ1n) is 37.8. The molecule has 0 aliphatic heterocycles. The van der Waals surface area contributed by atoms with Gasteiger partial charge in [0.1, 0.15) is 46.2 Å². The Kier molecular flexibility index (Phi) is 28.9. The summed E-state index contributed by atoms with van der Waals surface area (Å²) in [7, 11) is 0.606. The van der Waals surface area contributed by atoms with E-state index in [1.165, 1.54) is 116 Å². The molecule has 0 saturated carbocycles. The number of halogens is 4. The quantitative estimate of drug-likeness (QED) is 0.0276. The van der Waals surface area contributed by atoms with Crippen molar-refractivity contribution in [3.05, 3.63) is 188 Å². The van der Waals surface area contributed by atoms with E-state index in [1.54, 1.807) is 36.7 Å². The minimum absolute atomic E-state index is 0.250. The van der Waals surface area contributed by atoms with Gasteiger partial charge in [0.2, 0.25) is 0 Å². The van der Waals surface area contributed by atoms with Gasteiger partial charge in [0.05, 0.1) is 78.5 Å². The maximum absolute atomic E-state index is 12.2. The third kappa shape index (κ3) is 19.6. The van der Waals surface area contributed by atoms with E-state index in [2.05, 4.69) is 149 Å². The van der Waals surface area contributed by atoms with E-state index in [1.807, 2.05) is 36.4 Å². The Morgan fingerprint density at radius 3 is 1.12 bits per heavy atom. The maximum atomic E-state index is 12.2. The smallest absolute Gasteiger partial charge is 0.275 e. The van der Waals surface area contributed by atoms with Gasteiger partial charge in [-0.3, -0.25) is 9.97 Å². The minimum atomic E-state index is 0.250. The molecule has 0 fully saturated rings. The summed E-state index contributed by atoms with van der Waals surface area (Å²) in [5.74, 6) is 4.65. The highest BCUT2D eigenvalue weighted by Crippen LogP contribution is 2.39. The summed E-state index contributed by atoms with van der Waals surface area (Å²) in [6.07, 6.45) is 27.6. The van der Waals surface area contributed by atoms with Crippen LogP contribution in [0, 0.1) is 58.2 Å². The van der Waals surface area contributed by atoms with Gasteiger partial charge < -0.3 is 18.4 Å². The molecule has 0 radical (unpaired) electrons. The van der Waals surface area contributed by atoms with Crippen molar-refractivity contribution >= 4 is 116 Å². The molecule has 6 unspecified atom stereocenters. The number of hydrogen-bond donors (Lipinski definition) is 0. The fourth-order valence-corrected chi connectivity index (χ4v) is 15.3. The lowest BCUT2D eigenvalue weighted by molar-refractivity contribution is 0.175. The Morgan fingerprint density at radius 2 is 0.775 bits per heavy atom. The van der Waals surface area contributed by atoms with Crippen molar-refractivity contribution in [1.29, 1.82) is 10.5 Å².